The maximum Gasteiger partial charge on any atom is 0.414 e. The largest absolute Gasteiger partial charge is 0.456 e. The van der Waals surface area contributed by atoms with Gasteiger partial charge in [-0.2, -0.15) is 0 Å². The van der Waals surface area contributed by atoms with Gasteiger partial charge in [0.15, 0.2) is 5.75 Å². The van der Waals surface area contributed by atoms with Gasteiger partial charge >= 0.3 is 6.09 Å². The second-order valence-corrected chi connectivity index (χ2v) is 11.3. The molecule has 4 rings (SSSR count). The first-order chi connectivity index (χ1) is 19.4. The number of aromatic nitrogens is 1. The van der Waals surface area contributed by atoms with Crippen LogP contribution in [0, 0.1) is 0 Å². The highest BCUT2D eigenvalue weighted by atomic mass is 32.2. The van der Waals surface area contributed by atoms with Crippen molar-refractivity contribution in [3.8, 4) is 17.2 Å². The molecule has 41 heavy (non-hydrogen) atoms. The van der Waals surface area contributed by atoms with Crippen molar-refractivity contribution in [3.05, 3.63) is 72.6 Å². The molecule has 0 spiro atoms. The number of anilines is 2. The van der Waals surface area contributed by atoms with Gasteiger partial charge in [-0.1, -0.05) is 23.9 Å². The van der Waals surface area contributed by atoms with E-state index >= 15 is 0 Å². The van der Waals surface area contributed by atoms with E-state index in [0.29, 0.717) is 29.4 Å². The SMILES string of the molecule is CC(=O)N(Oc1ccc(CC2SC(=O)NC2=O)cc1)c1ccc(Oc2cccnc2)cc1N(C)C(=O)OC(C)(C)C. The Morgan fingerprint density at radius 1 is 1.00 bits per heavy atom. The van der Waals surface area contributed by atoms with Gasteiger partial charge in [0.25, 0.3) is 11.1 Å². The van der Waals surface area contributed by atoms with Gasteiger partial charge in [0.1, 0.15) is 22.8 Å². The average molecular weight is 579 g/mol. The van der Waals surface area contributed by atoms with E-state index in [0.717, 1.165) is 22.4 Å². The minimum atomic E-state index is -0.751. The summed E-state index contributed by atoms with van der Waals surface area (Å²) in [5.74, 6) is 0.452. The van der Waals surface area contributed by atoms with Crippen LogP contribution < -0.4 is 24.9 Å². The molecule has 3 aromatic rings. The lowest BCUT2D eigenvalue weighted by molar-refractivity contribution is -0.120. The Morgan fingerprint density at radius 3 is 2.29 bits per heavy atom. The van der Waals surface area contributed by atoms with Crippen LogP contribution in [0.5, 0.6) is 17.2 Å². The van der Waals surface area contributed by atoms with Crippen molar-refractivity contribution >= 4 is 46.3 Å². The first-order valence-electron chi connectivity index (χ1n) is 12.7. The lowest BCUT2D eigenvalue weighted by atomic mass is 10.1. The second-order valence-electron chi connectivity index (χ2n) is 10.1. The van der Waals surface area contributed by atoms with E-state index in [-0.39, 0.29) is 16.8 Å². The van der Waals surface area contributed by atoms with Gasteiger partial charge in [0.2, 0.25) is 5.91 Å². The van der Waals surface area contributed by atoms with Crippen LogP contribution in [0.3, 0.4) is 0 Å². The second kappa shape index (κ2) is 12.3. The number of nitrogens with zero attached hydrogens (tertiary/aromatic N) is 3. The molecule has 0 bridgehead atoms. The van der Waals surface area contributed by atoms with E-state index in [1.165, 1.54) is 18.9 Å². The molecule has 12 heteroatoms. The number of carbonyl (C=O) groups is 4. The molecule has 0 saturated carbocycles. The Hall–Kier alpha value is -4.58. The Kier molecular flexibility index (Phi) is 8.82. The fraction of sp³-hybridized carbons (Fsp3) is 0.276. The van der Waals surface area contributed by atoms with Gasteiger partial charge in [-0.15, -0.1) is 5.06 Å². The number of thioether (sulfide) groups is 1. The third-order valence-electron chi connectivity index (χ3n) is 5.66. The molecular weight excluding hydrogens is 548 g/mol. The number of ether oxygens (including phenoxy) is 2. The summed E-state index contributed by atoms with van der Waals surface area (Å²) in [6, 6.07) is 15.1. The van der Waals surface area contributed by atoms with Crippen LogP contribution in [0.1, 0.15) is 33.3 Å². The van der Waals surface area contributed by atoms with E-state index in [1.54, 1.807) is 87.8 Å². The number of amides is 4. The zero-order valence-corrected chi connectivity index (χ0v) is 24.1. The summed E-state index contributed by atoms with van der Waals surface area (Å²) in [6.07, 6.45) is 2.90. The highest BCUT2D eigenvalue weighted by molar-refractivity contribution is 8.15. The topological polar surface area (TPSA) is 127 Å². The Morgan fingerprint density at radius 2 is 1.71 bits per heavy atom. The molecule has 1 atom stereocenters. The maximum atomic E-state index is 13.0. The quantitative estimate of drug-likeness (QED) is 0.345. The number of carbonyl (C=O) groups excluding carboxylic acids is 4. The van der Waals surface area contributed by atoms with Crippen molar-refractivity contribution in [1.29, 1.82) is 0 Å². The summed E-state index contributed by atoms with van der Waals surface area (Å²) in [4.78, 5) is 60.5. The number of pyridine rings is 1. The van der Waals surface area contributed by atoms with E-state index in [2.05, 4.69) is 10.3 Å². The lowest BCUT2D eigenvalue weighted by Gasteiger charge is -2.29. The normalized spacial score (nSPS) is 14.7. The average Bonchev–Trinajstić information content (AvgIpc) is 3.23. The lowest BCUT2D eigenvalue weighted by Crippen LogP contribution is -2.37. The van der Waals surface area contributed by atoms with Crippen molar-refractivity contribution in [2.75, 3.05) is 17.0 Å². The number of imide groups is 1. The van der Waals surface area contributed by atoms with E-state index in [1.807, 2.05) is 0 Å². The molecule has 1 unspecified atom stereocenters. The number of benzene rings is 2. The highest BCUT2D eigenvalue weighted by Crippen LogP contribution is 2.36. The first kappa shape index (κ1) is 29.4. The summed E-state index contributed by atoms with van der Waals surface area (Å²) in [5, 5.41) is 2.48. The zero-order chi connectivity index (χ0) is 29.7. The van der Waals surface area contributed by atoms with Crippen molar-refractivity contribution in [3.63, 3.8) is 0 Å². The Bertz CT molecular complexity index is 1440. The standard InChI is InChI=1S/C29H30N4O7S/c1-18(34)33(40-20-10-8-19(9-11-20)15-25-26(35)31-27(36)41-25)23-13-12-21(38-22-7-6-14-30-17-22)16-24(23)32(5)28(37)39-29(2,3)4/h6-14,16-17,25H,15H2,1-5H3,(H,31,35,36). The van der Waals surface area contributed by atoms with Crippen LogP contribution in [0.4, 0.5) is 21.0 Å². The van der Waals surface area contributed by atoms with Crippen LogP contribution in [-0.4, -0.2) is 46.0 Å². The molecule has 1 aliphatic heterocycles. The summed E-state index contributed by atoms with van der Waals surface area (Å²) >= 11 is 0.956. The van der Waals surface area contributed by atoms with E-state index in [9.17, 15) is 19.2 Å². The van der Waals surface area contributed by atoms with Crippen molar-refractivity contribution < 1.29 is 33.5 Å². The van der Waals surface area contributed by atoms with Crippen LogP contribution in [0.2, 0.25) is 0 Å². The molecule has 1 N–H and O–H groups in total. The fourth-order valence-electron chi connectivity index (χ4n) is 3.80. The molecule has 2 heterocycles. The molecule has 1 aromatic heterocycles. The monoisotopic (exact) mass is 578 g/mol. The van der Waals surface area contributed by atoms with Gasteiger partial charge in [-0.25, -0.2) is 4.79 Å². The van der Waals surface area contributed by atoms with Gasteiger partial charge in [-0.05, 0) is 69.2 Å². The van der Waals surface area contributed by atoms with Gasteiger partial charge < -0.3 is 14.3 Å². The summed E-state index contributed by atoms with van der Waals surface area (Å²) in [6.45, 7) is 6.60. The highest BCUT2D eigenvalue weighted by Gasteiger charge is 2.31. The molecule has 1 fully saturated rings. The van der Waals surface area contributed by atoms with E-state index < -0.39 is 22.9 Å². The summed E-state index contributed by atoms with van der Waals surface area (Å²) < 4.78 is 11.5. The third kappa shape index (κ3) is 7.76. The zero-order valence-electron chi connectivity index (χ0n) is 23.2. The molecule has 2 aromatic carbocycles. The van der Waals surface area contributed by atoms with Gasteiger partial charge in [-0.3, -0.25) is 29.6 Å². The van der Waals surface area contributed by atoms with Crippen molar-refractivity contribution in [2.45, 2.75) is 45.0 Å². The molecule has 1 saturated heterocycles. The van der Waals surface area contributed by atoms with Crippen LogP contribution >= 0.6 is 11.8 Å². The first-order valence-corrected chi connectivity index (χ1v) is 13.6. The summed E-state index contributed by atoms with van der Waals surface area (Å²) in [5.41, 5.74) is 0.627. The predicted molar refractivity (Wildman–Crippen MR) is 154 cm³/mol. The molecule has 214 valence electrons. The smallest absolute Gasteiger partial charge is 0.414 e. The maximum absolute atomic E-state index is 13.0. The number of rotatable bonds is 8. The van der Waals surface area contributed by atoms with Crippen LogP contribution in [0.15, 0.2) is 67.0 Å². The minimum absolute atomic E-state index is 0.269. The van der Waals surface area contributed by atoms with Gasteiger partial charge in [0.05, 0.1) is 17.1 Å². The Labute approximate surface area is 241 Å². The Balaban J connectivity index is 1.62. The molecule has 4 amide bonds. The number of hydrogen-bond donors (Lipinski definition) is 1. The molecule has 11 nitrogen and oxygen atoms in total. The van der Waals surface area contributed by atoms with Gasteiger partial charge in [0, 0.05) is 26.2 Å². The predicted octanol–water partition coefficient (Wildman–Crippen LogP) is 5.49. The molecule has 1 aliphatic rings. The third-order valence-corrected chi connectivity index (χ3v) is 6.64. The number of nitrogens with one attached hydrogen (secondary N) is 1. The van der Waals surface area contributed by atoms with Crippen LogP contribution in [-0.2, 0) is 20.7 Å². The summed E-state index contributed by atoms with van der Waals surface area (Å²) in [7, 11) is 1.52. The van der Waals surface area contributed by atoms with Crippen molar-refractivity contribution in [2.24, 2.45) is 0 Å². The fourth-order valence-corrected chi connectivity index (χ4v) is 4.66. The van der Waals surface area contributed by atoms with E-state index in [4.69, 9.17) is 14.3 Å². The van der Waals surface area contributed by atoms with Crippen LogP contribution in [0.25, 0.3) is 0 Å². The number of hydrogen-bond acceptors (Lipinski definition) is 9. The molecule has 0 aliphatic carbocycles. The molecular formula is C29H30N4O7S. The minimum Gasteiger partial charge on any atom is -0.456 e. The van der Waals surface area contributed by atoms with Crippen molar-refractivity contribution in [1.82, 2.24) is 10.3 Å². The molecule has 0 radical (unpaired) electrons. The number of hydroxylamine groups is 1.